The highest BCUT2D eigenvalue weighted by Crippen LogP contribution is 2.32. The molecule has 5 heteroatoms. The van der Waals surface area contributed by atoms with Gasteiger partial charge in [0.2, 0.25) is 5.76 Å². The van der Waals surface area contributed by atoms with Crippen LogP contribution < -0.4 is 0 Å². The summed E-state index contributed by atoms with van der Waals surface area (Å²) >= 11 is 0. The molecule has 0 saturated carbocycles. The normalized spacial score (nSPS) is 18.9. The maximum Gasteiger partial charge on any atom is 0.375 e. The molecule has 0 spiro atoms. The zero-order chi connectivity index (χ0) is 11.7. The molecule has 1 saturated heterocycles. The van der Waals surface area contributed by atoms with Crippen molar-refractivity contribution >= 4 is 5.97 Å². The van der Waals surface area contributed by atoms with E-state index in [2.05, 4.69) is 17.1 Å². The standard InChI is InChI=1S/C11H16N2O3/c1-7-9(10(11(14)15)16-12-7)8-3-5-13(2)6-4-8/h8H,3-6H2,1-2H3,(H,14,15). The average molecular weight is 224 g/mol. The molecule has 0 aromatic carbocycles. The Bertz CT molecular complexity index is 392. The minimum atomic E-state index is -1.02. The van der Waals surface area contributed by atoms with Gasteiger partial charge < -0.3 is 14.5 Å². The van der Waals surface area contributed by atoms with E-state index in [9.17, 15) is 4.79 Å². The molecular formula is C11H16N2O3. The summed E-state index contributed by atoms with van der Waals surface area (Å²) in [5, 5.41) is 12.8. The second-order valence-electron chi connectivity index (χ2n) is 4.39. The van der Waals surface area contributed by atoms with Gasteiger partial charge in [0.05, 0.1) is 5.69 Å². The third-order valence-corrected chi connectivity index (χ3v) is 3.23. The van der Waals surface area contributed by atoms with Crippen LogP contribution in [0.15, 0.2) is 4.52 Å². The largest absolute Gasteiger partial charge is 0.475 e. The number of aryl methyl sites for hydroxylation is 1. The number of hydrogen-bond donors (Lipinski definition) is 1. The van der Waals surface area contributed by atoms with Gasteiger partial charge >= 0.3 is 5.97 Å². The minimum absolute atomic E-state index is 0.0204. The summed E-state index contributed by atoms with van der Waals surface area (Å²) in [4.78, 5) is 13.2. The summed E-state index contributed by atoms with van der Waals surface area (Å²) < 4.78 is 4.87. The molecule has 1 aromatic rings. The van der Waals surface area contributed by atoms with Gasteiger partial charge in [0.1, 0.15) is 0 Å². The third kappa shape index (κ3) is 1.95. The molecule has 0 atom stereocenters. The molecule has 2 heterocycles. The van der Waals surface area contributed by atoms with Crippen molar-refractivity contribution in [3.8, 4) is 0 Å². The Morgan fingerprint density at radius 2 is 2.12 bits per heavy atom. The van der Waals surface area contributed by atoms with E-state index in [0.717, 1.165) is 31.5 Å². The number of nitrogens with zero attached hydrogens (tertiary/aromatic N) is 2. The number of rotatable bonds is 2. The Morgan fingerprint density at radius 1 is 1.50 bits per heavy atom. The van der Waals surface area contributed by atoms with Gasteiger partial charge in [0, 0.05) is 5.56 Å². The predicted molar refractivity (Wildman–Crippen MR) is 57.7 cm³/mol. The summed E-state index contributed by atoms with van der Waals surface area (Å²) in [6.45, 7) is 3.80. The van der Waals surface area contributed by atoms with Crippen molar-refractivity contribution in [2.75, 3.05) is 20.1 Å². The zero-order valence-corrected chi connectivity index (χ0v) is 9.56. The Kier molecular flexibility index (Phi) is 2.96. The number of carbonyl (C=O) groups is 1. The number of carboxylic acids is 1. The summed E-state index contributed by atoms with van der Waals surface area (Å²) in [6, 6.07) is 0. The first kappa shape index (κ1) is 11.1. The monoisotopic (exact) mass is 224 g/mol. The molecule has 0 amide bonds. The van der Waals surface area contributed by atoms with Crippen LogP contribution in [0.3, 0.4) is 0 Å². The van der Waals surface area contributed by atoms with E-state index in [0.29, 0.717) is 5.69 Å². The summed E-state index contributed by atoms with van der Waals surface area (Å²) in [5.41, 5.74) is 1.51. The first-order valence-corrected chi connectivity index (χ1v) is 5.47. The van der Waals surface area contributed by atoms with Crippen LogP contribution in [0.2, 0.25) is 0 Å². The lowest BCUT2D eigenvalue weighted by atomic mass is 9.88. The summed E-state index contributed by atoms with van der Waals surface area (Å²) in [7, 11) is 2.08. The van der Waals surface area contributed by atoms with Crippen molar-refractivity contribution in [3.05, 3.63) is 17.0 Å². The van der Waals surface area contributed by atoms with E-state index in [4.69, 9.17) is 9.63 Å². The topological polar surface area (TPSA) is 66.6 Å². The van der Waals surface area contributed by atoms with Crippen LogP contribution in [0, 0.1) is 6.92 Å². The number of aromatic nitrogens is 1. The van der Waals surface area contributed by atoms with E-state index >= 15 is 0 Å². The summed E-state index contributed by atoms with van der Waals surface area (Å²) in [5.74, 6) is -0.727. The highest BCUT2D eigenvalue weighted by atomic mass is 16.5. The quantitative estimate of drug-likeness (QED) is 0.824. The van der Waals surface area contributed by atoms with Gasteiger partial charge in [0.15, 0.2) is 0 Å². The fraction of sp³-hybridized carbons (Fsp3) is 0.636. The van der Waals surface area contributed by atoms with Crippen LogP contribution in [0.1, 0.15) is 40.6 Å². The van der Waals surface area contributed by atoms with Crippen LogP contribution in [-0.4, -0.2) is 41.3 Å². The molecule has 0 radical (unpaired) electrons. The van der Waals surface area contributed by atoms with Gasteiger partial charge in [-0.15, -0.1) is 0 Å². The molecule has 0 unspecified atom stereocenters. The highest BCUT2D eigenvalue weighted by Gasteiger charge is 2.28. The van der Waals surface area contributed by atoms with Crippen LogP contribution in [0.5, 0.6) is 0 Å². The molecule has 0 bridgehead atoms. The van der Waals surface area contributed by atoms with E-state index in [-0.39, 0.29) is 11.7 Å². The number of aromatic carboxylic acids is 1. The summed E-state index contributed by atoms with van der Waals surface area (Å²) in [6.07, 6.45) is 1.94. The molecule has 0 aliphatic carbocycles. The van der Waals surface area contributed by atoms with Crippen LogP contribution in [0.4, 0.5) is 0 Å². The average Bonchev–Trinajstić information content (AvgIpc) is 2.62. The Morgan fingerprint density at radius 3 is 2.69 bits per heavy atom. The van der Waals surface area contributed by atoms with Gasteiger partial charge in [-0.05, 0) is 45.8 Å². The molecule has 2 rings (SSSR count). The maximum absolute atomic E-state index is 11.0. The lowest BCUT2D eigenvalue weighted by molar-refractivity contribution is 0.0648. The van der Waals surface area contributed by atoms with Gasteiger partial charge in [-0.3, -0.25) is 0 Å². The molecule has 1 aliphatic heterocycles. The molecule has 1 aliphatic rings. The fourth-order valence-corrected chi connectivity index (χ4v) is 2.31. The van der Waals surface area contributed by atoms with Gasteiger partial charge in [-0.2, -0.15) is 0 Å². The van der Waals surface area contributed by atoms with Gasteiger partial charge in [0.25, 0.3) is 0 Å². The zero-order valence-electron chi connectivity index (χ0n) is 9.56. The van der Waals surface area contributed by atoms with Gasteiger partial charge in [-0.1, -0.05) is 5.16 Å². The smallest absolute Gasteiger partial charge is 0.375 e. The highest BCUT2D eigenvalue weighted by molar-refractivity contribution is 5.86. The van der Waals surface area contributed by atoms with Crippen molar-refractivity contribution in [2.45, 2.75) is 25.7 Å². The van der Waals surface area contributed by atoms with Crippen molar-refractivity contribution in [3.63, 3.8) is 0 Å². The minimum Gasteiger partial charge on any atom is -0.475 e. The fourth-order valence-electron chi connectivity index (χ4n) is 2.31. The molecule has 1 aromatic heterocycles. The van der Waals surface area contributed by atoms with Crippen LogP contribution >= 0.6 is 0 Å². The van der Waals surface area contributed by atoms with Crippen molar-refractivity contribution in [1.29, 1.82) is 0 Å². The van der Waals surface area contributed by atoms with Crippen molar-refractivity contribution in [1.82, 2.24) is 10.1 Å². The molecule has 16 heavy (non-hydrogen) atoms. The Hall–Kier alpha value is -1.36. The van der Waals surface area contributed by atoms with Gasteiger partial charge in [-0.25, -0.2) is 4.79 Å². The number of carboxylic acid groups (broad SMARTS) is 1. The number of likely N-dealkylation sites (tertiary alicyclic amines) is 1. The second kappa shape index (κ2) is 4.25. The van der Waals surface area contributed by atoms with Crippen LogP contribution in [-0.2, 0) is 0 Å². The lowest BCUT2D eigenvalue weighted by Crippen LogP contribution is -2.29. The molecule has 1 N–H and O–H groups in total. The number of hydrogen-bond acceptors (Lipinski definition) is 4. The Balaban J connectivity index is 2.25. The van der Waals surface area contributed by atoms with E-state index in [1.165, 1.54) is 0 Å². The molecule has 1 fully saturated rings. The third-order valence-electron chi connectivity index (χ3n) is 3.23. The lowest BCUT2D eigenvalue weighted by Gasteiger charge is -2.28. The van der Waals surface area contributed by atoms with E-state index < -0.39 is 5.97 Å². The molecule has 5 nitrogen and oxygen atoms in total. The SMILES string of the molecule is Cc1noc(C(=O)O)c1C1CCN(C)CC1. The predicted octanol–water partition coefficient (Wildman–Crippen LogP) is 1.49. The van der Waals surface area contributed by atoms with Crippen molar-refractivity contribution in [2.24, 2.45) is 0 Å². The number of piperidine rings is 1. The van der Waals surface area contributed by atoms with Crippen LogP contribution in [0.25, 0.3) is 0 Å². The first-order chi connectivity index (χ1) is 7.59. The van der Waals surface area contributed by atoms with E-state index in [1.54, 1.807) is 0 Å². The second-order valence-corrected chi connectivity index (χ2v) is 4.39. The van der Waals surface area contributed by atoms with Crippen molar-refractivity contribution < 1.29 is 14.4 Å². The maximum atomic E-state index is 11.0. The first-order valence-electron chi connectivity index (χ1n) is 5.47. The molecular weight excluding hydrogens is 208 g/mol. The van der Waals surface area contributed by atoms with E-state index in [1.807, 2.05) is 6.92 Å². The molecule has 88 valence electrons. The Labute approximate surface area is 94.0 Å².